The van der Waals surface area contributed by atoms with E-state index in [0.717, 1.165) is 25.3 Å². The van der Waals surface area contributed by atoms with Crippen LogP contribution in [0.1, 0.15) is 19.0 Å². The molecule has 0 aromatic carbocycles. The molecule has 0 spiro atoms. The largest absolute Gasteiger partial charge is 0.409 e. The van der Waals surface area contributed by atoms with E-state index in [9.17, 15) is 0 Å². The third kappa shape index (κ3) is 2.84. The van der Waals surface area contributed by atoms with Crippen LogP contribution in [0.5, 0.6) is 0 Å². The molecule has 0 bridgehead atoms. The molecule has 1 saturated heterocycles. The van der Waals surface area contributed by atoms with Gasteiger partial charge in [-0.05, 0) is 12.5 Å². The number of oxime groups is 1. The molecule has 2 rings (SSSR count). The van der Waals surface area contributed by atoms with Crippen molar-refractivity contribution in [3.05, 3.63) is 18.0 Å². The van der Waals surface area contributed by atoms with E-state index >= 15 is 0 Å². The maximum Gasteiger partial charge on any atom is 0.226 e. The van der Waals surface area contributed by atoms with Gasteiger partial charge < -0.3 is 15.8 Å². The summed E-state index contributed by atoms with van der Waals surface area (Å²) in [6, 6.07) is 1.63. The molecule has 1 aromatic heterocycles. The zero-order valence-electron chi connectivity index (χ0n) is 10.3. The molecule has 98 valence electrons. The van der Waals surface area contributed by atoms with Gasteiger partial charge >= 0.3 is 0 Å². The van der Waals surface area contributed by atoms with Crippen molar-refractivity contribution in [2.45, 2.75) is 18.6 Å². The fourth-order valence-corrected chi connectivity index (χ4v) is 3.02. The predicted molar refractivity (Wildman–Crippen MR) is 73.3 cm³/mol. The fraction of sp³-hybridized carbons (Fsp3) is 0.545. The summed E-state index contributed by atoms with van der Waals surface area (Å²) < 4.78 is 0. The van der Waals surface area contributed by atoms with Crippen LogP contribution >= 0.6 is 11.8 Å². The number of amidine groups is 1. The summed E-state index contributed by atoms with van der Waals surface area (Å²) in [7, 11) is 0. The van der Waals surface area contributed by atoms with Crippen molar-refractivity contribution < 1.29 is 5.21 Å². The second kappa shape index (κ2) is 5.90. The number of rotatable bonds is 3. The molecule has 0 saturated carbocycles. The quantitative estimate of drug-likeness (QED) is 0.366. The Labute approximate surface area is 110 Å². The van der Waals surface area contributed by atoms with Gasteiger partial charge in [0.05, 0.1) is 0 Å². The van der Waals surface area contributed by atoms with Gasteiger partial charge in [0.1, 0.15) is 5.69 Å². The minimum Gasteiger partial charge on any atom is -0.409 e. The van der Waals surface area contributed by atoms with Gasteiger partial charge in [0, 0.05) is 30.3 Å². The molecule has 1 aliphatic heterocycles. The Hall–Kier alpha value is -1.50. The summed E-state index contributed by atoms with van der Waals surface area (Å²) >= 11 is 1.99. The Morgan fingerprint density at radius 3 is 3.28 bits per heavy atom. The van der Waals surface area contributed by atoms with E-state index in [1.54, 1.807) is 12.3 Å². The van der Waals surface area contributed by atoms with Crippen LogP contribution < -0.4 is 10.6 Å². The van der Waals surface area contributed by atoms with Gasteiger partial charge in [0.2, 0.25) is 5.95 Å². The molecular formula is C11H17N5OS. The van der Waals surface area contributed by atoms with Crippen molar-refractivity contribution in [1.82, 2.24) is 9.97 Å². The Kier molecular flexibility index (Phi) is 4.24. The van der Waals surface area contributed by atoms with Crippen LogP contribution in [0.25, 0.3) is 0 Å². The summed E-state index contributed by atoms with van der Waals surface area (Å²) in [4.78, 5) is 10.7. The Bertz CT molecular complexity index is 439. The molecule has 1 aromatic rings. The van der Waals surface area contributed by atoms with Crippen LogP contribution in [-0.4, -0.2) is 45.1 Å². The molecule has 18 heavy (non-hydrogen) atoms. The summed E-state index contributed by atoms with van der Waals surface area (Å²) in [5, 5.41) is 12.2. The van der Waals surface area contributed by atoms with Crippen molar-refractivity contribution in [3.63, 3.8) is 0 Å². The third-order valence-corrected chi connectivity index (χ3v) is 4.26. The summed E-state index contributed by atoms with van der Waals surface area (Å²) in [5.41, 5.74) is 5.99. The standard InChI is InChI=1S/C11H17N5OS/c1-2-8-7-16(5-6-18-8)11-13-4-3-9(14-11)10(12)15-17/h3-4,8,17H,2,5-7H2,1H3,(H2,12,15). The normalized spacial score (nSPS) is 21.1. The van der Waals surface area contributed by atoms with E-state index in [1.807, 2.05) is 11.8 Å². The average Bonchev–Trinajstić information content (AvgIpc) is 2.46. The lowest BCUT2D eigenvalue weighted by Gasteiger charge is -2.31. The first-order valence-corrected chi connectivity index (χ1v) is 6.97. The van der Waals surface area contributed by atoms with Crippen LogP contribution in [0, 0.1) is 0 Å². The highest BCUT2D eigenvalue weighted by Crippen LogP contribution is 2.23. The lowest BCUT2D eigenvalue weighted by molar-refractivity contribution is 0.318. The lowest BCUT2D eigenvalue weighted by Crippen LogP contribution is -2.39. The molecule has 0 radical (unpaired) electrons. The van der Waals surface area contributed by atoms with Crippen LogP contribution in [0.3, 0.4) is 0 Å². The summed E-state index contributed by atoms with van der Waals surface area (Å²) in [6.07, 6.45) is 2.78. The van der Waals surface area contributed by atoms with E-state index in [-0.39, 0.29) is 5.84 Å². The topological polar surface area (TPSA) is 87.6 Å². The molecule has 0 aliphatic carbocycles. The minimum absolute atomic E-state index is 0.0112. The van der Waals surface area contributed by atoms with Crippen molar-refractivity contribution >= 4 is 23.5 Å². The number of nitrogens with two attached hydrogens (primary N) is 1. The van der Waals surface area contributed by atoms with E-state index in [2.05, 4.69) is 26.9 Å². The first-order chi connectivity index (χ1) is 8.74. The van der Waals surface area contributed by atoms with Gasteiger partial charge in [-0.3, -0.25) is 0 Å². The van der Waals surface area contributed by atoms with Gasteiger partial charge in [0.25, 0.3) is 0 Å². The SMILES string of the molecule is CCC1CN(c2nccc(/C(N)=N/O)n2)CCS1. The predicted octanol–water partition coefficient (Wildman–Crippen LogP) is 0.903. The van der Waals surface area contributed by atoms with Gasteiger partial charge in [-0.15, -0.1) is 0 Å². The number of nitrogens with zero attached hydrogens (tertiary/aromatic N) is 4. The minimum atomic E-state index is 0.0112. The number of thioether (sulfide) groups is 1. The highest BCUT2D eigenvalue weighted by molar-refractivity contribution is 8.00. The highest BCUT2D eigenvalue weighted by atomic mass is 32.2. The van der Waals surface area contributed by atoms with Crippen molar-refractivity contribution in [2.75, 3.05) is 23.7 Å². The van der Waals surface area contributed by atoms with Crippen molar-refractivity contribution in [1.29, 1.82) is 0 Å². The fourth-order valence-electron chi connectivity index (χ4n) is 1.84. The Balaban J connectivity index is 2.17. The zero-order valence-corrected chi connectivity index (χ0v) is 11.1. The molecule has 2 heterocycles. The molecule has 1 fully saturated rings. The van der Waals surface area contributed by atoms with Crippen LogP contribution in [0.15, 0.2) is 17.4 Å². The van der Waals surface area contributed by atoms with Gasteiger partial charge in [-0.2, -0.15) is 11.8 Å². The van der Waals surface area contributed by atoms with Crippen LogP contribution in [0.4, 0.5) is 5.95 Å². The van der Waals surface area contributed by atoms with Crippen LogP contribution in [-0.2, 0) is 0 Å². The second-order valence-electron chi connectivity index (χ2n) is 4.07. The average molecular weight is 267 g/mol. The second-order valence-corrected chi connectivity index (χ2v) is 5.48. The first kappa shape index (κ1) is 12.9. The van der Waals surface area contributed by atoms with Gasteiger partial charge in [-0.1, -0.05) is 12.1 Å². The summed E-state index contributed by atoms with van der Waals surface area (Å²) in [6.45, 7) is 4.07. The van der Waals surface area contributed by atoms with Crippen LogP contribution in [0.2, 0.25) is 0 Å². The first-order valence-electron chi connectivity index (χ1n) is 5.92. The van der Waals surface area contributed by atoms with E-state index in [4.69, 9.17) is 10.9 Å². The monoisotopic (exact) mass is 267 g/mol. The maximum absolute atomic E-state index is 8.66. The number of hydrogen-bond donors (Lipinski definition) is 2. The molecule has 3 N–H and O–H groups in total. The van der Waals surface area contributed by atoms with E-state index < -0.39 is 0 Å². The molecule has 0 amide bonds. The molecule has 7 heteroatoms. The van der Waals surface area contributed by atoms with E-state index in [0.29, 0.717) is 16.9 Å². The van der Waals surface area contributed by atoms with Crippen molar-refractivity contribution in [3.8, 4) is 0 Å². The summed E-state index contributed by atoms with van der Waals surface area (Å²) in [5.74, 6) is 1.74. The highest BCUT2D eigenvalue weighted by Gasteiger charge is 2.21. The number of aromatic nitrogens is 2. The maximum atomic E-state index is 8.66. The molecular weight excluding hydrogens is 250 g/mol. The Morgan fingerprint density at radius 2 is 2.56 bits per heavy atom. The smallest absolute Gasteiger partial charge is 0.226 e. The lowest BCUT2D eigenvalue weighted by atomic mass is 10.3. The number of hydrogen-bond acceptors (Lipinski definition) is 6. The zero-order chi connectivity index (χ0) is 13.0. The van der Waals surface area contributed by atoms with Gasteiger partial charge in [0.15, 0.2) is 5.84 Å². The molecule has 1 aliphatic rings. The molecule has 1 atom stereocenters. The van der Waals surface area contributed by atoms with E-state index in [1.165, 1.54) is 0 Å². The number of anilines is 1. The Morgan fingerprint density at radius 1 is 1.72 bits per heavy atom. The molecule has 6 nitrogen and oxygen atoms in total. The van der Waals surface area contributed by atoms with Crippen molar-refractivity contribution in [2.24, 2.45) is 10.9 Å². The molecule has 1 unspecified atom stereocenters. The third-order valence-electron chi connectivity index (χ3n) is 2.89. The van der Waals surface area contributed by atoms with Gasteiger partial charge in [-0.25, -0.2) is 9.97 Å².